The van der Waals surface area contributed by atoms with Crippen molar-refractivity contribution in [3.63, 3.8) is 0 Å². The van der Waals surface area contributed by atoms with Gasteiger partial charge < -0.3 is 5.11 Å². The Bertz CT molecular complexity index is 436. The number of fused-ring (bicyclic) bond motifs is 1. The van der Waals surface area contributed by atoms with E-state index in [9.17, 15) is 9.50 Å². The van der Waals surface area contributed by atoms with E-state index in [-0.39, 0.29) is 5.82 Å². The molecule has 3 nitrogen and oxygen atoms in total. The van der Waals surface area contributed by atoms with E-state index < -0.39 is 6.10 Å². The number of halogens is 1. The summed E-state index contributed by atoms with van der Waals surface area (Å²) in [5.41, 5.74) is 1.21. The first-order valence-electron chi connectivity index (χ1n) is 4.00. The molecule has 0 aliphatic rings. The molecular formula is C9H9FN2O. The van der Waals surface area contributed by atoms with Gasteiger partial charge in [0, 0.05) is 5.39 Å². The first-order chi connectivity index (χ1) is 6.18. The molecular weight excluding hydrogens is 171 g/mol. The molecule has 1 heterocycles. The van der Waals surface area contributed by atoms with Crippen molar-refractivity contribution in [3.05, 3.63) is 29.7 Å². The monoisotopic (exact) mass is 180 g/mol. The van der Waals surface area contributed by atoms with E-state index in [1.54, 1.807) is 13.0 Å². The molecule has 0 saturated carbocycles. The van der Waals surface area contributed by atoms with Crippen LogP contribution < -0.4 is 0 Å². The minimum Gasteiger partial charge on any atom is -0.387 e. The van der Waals surface area contributed by atoms with Crippen LogP contribution in [0.5, 0.6) is 0 Å². The van der Waals surface area contributed by atoms with Crippen LogP contribution in [0, 0.1) is 5.82 Å². The van der Waals surface area contributed by atoms with Crippen LogP contribution in [0.25, 0.3) is 10.9 Å². The van der Waals surface area contributed by atoms with Crippen molar-refractivity contribution in [2.24, 2.45) is 0 Å². The highest BCUT2D eigenvalue weighted by Gasteiger charge is 2.10. The third-order valence-electron chi connectivity index (χ3n) is 1.95. The molecule has 0 radical (unpaired) electrons. The highest BCUT2D eigenvalue weighted by molar-refractivity contribution is 5.81. The van der Waals surface area contributed by atoms with Crippen molar-refractivity contribution >= 4 is 10.9 Å². The van der Waals surface area contributed by atoms with Crippen LogP contribution in [-0.2, 0) is 0 Å². The molecule has 0 spiro atoms. The number of nitrogens with zero attached hydrogens (tertiary/aromatic N) is 1. The van der Waals surface area contributed by atoms with Gasteiger partial charge in [-0.2, -0.15) is 5.10 Å². The fourth-order valence-corrected chi connectivity index (χ4v) is 1.33. The predicted octanol–water partition coefficient (Wildman–Crippen LogP) is 1.76. The topological polar surface area (TPSA) is 48.9 Å². The molecule has 0 aliphatic carbocycles. The summed E-state index contributed by atoms with van der Waals surface area (Å²) in [7, 11) is 0. The summed E-state index contributed by atoms with van der Waals surface area (Å²) in [4.78, 5) is 0. The fourth-order valence-electron chi connectivity index (χ4n) is 1.33. The second-order valence-electron chi connectivity index (χ2n) is 2.97. The number of aliphatic hydroxyl groups is 1. The maximum absolute atomic E-state index is 12.8. The Morgan fingerprint density at radius 2 is 2.31 bits per heavy atom. The molecule has 0 saturated heterocycles. The SMILES string of the molecule is CC(O)c1n[nH]c2ccc(F)cc12. The van der Waals surface area contributed by atoms with Crippen molar-refractivity contribution in [2.45, 2.75) is 13.0 Å². The van der Waals surface area contributed by atoms with Crippen LogP contribution in [-0.4, -0.2) is 15.3 Å². The molecule has 68 valence electrons. The molecule has 1 atom stereocenters. The first-order valence-corrected chi connectivity index (χ1v) is 4.00. The van der Waals surface area contributed by atoms with Crippen LogP contribution in [0.4, 0.5) is 4.39 Å². The Morgan fingerprint density at radius 3 is 3.00 bits per heavy atom. The Morgan fingerprint density at radius 1 is 1.54 bits per heavy atom. The maximum atomic E-state index is 12.8. The second-order valence-corrected chi connectivity index (χ2v) is 2.97. The number of aliphatic hydroxyl groups excluding tert-OH is 1. The zero-order valence-corrected chi connectivity index (χ0v) is 7.08. The summed E-state index contributed by atoms with van der Waals surface area (Å²) in [6.45, 7) is 1.60. The average molecular weight is 180 g/mol. The zero-order chi connectivity index (χ0) is 9.42. The number of aromatic nitrogens is 2. The van der Waals surface area contributed by atoms with Gasteiger partial charge >= 0.3 is 0 Å². The summed E-state index contributed by atoms with van der Waals surface area (Å²) in [5.74, 6) is -0.323. The Kier molecular flexibility index (Phi) is 1.77. The van der Waals surface area contributed by atoms with E-state index in [0.717, 1.165) is 5.52 Å². The van der Waals surface area contributed by atoms with Crippen LogP contribution in [0.15, 0.2) is 18.2 Å². The van der Waals surface area contributed by atoms with Gasteiger partial charge in [-0.3, -0.25) is 5.10 Å². The minimum atomic E-state index is -0.685. The van der Waals surface area contributed by atoms with Crippen molar-refractivity contribution < 1.29 is 9.50 Å². The third-order valence-corrected chi connectivity index (χ3v) is 1.95. The van der Waals surface area contributed by atoms with Crippen LogP contribution in [0.2, 0.25) is 0 Å². The van der Waals surface area contributed by atoms with Gasteiger partial charge in [0.15, 0.2) is 0 Å². The van der Waals surface area contributed by atoms with Gasteiger partial charge in [0.2, 0.25) is 0 Å². The Labute approximate surface area is 74.2 Å². The number of nitrogens with one attached hydrogen (secondary N) is 1. The fraction of sp³-hybridized carbons (Fsp3) is 0.222. The molecule has 0 aliphatic heterocycles. The number of hydrogen-bond acceptors (Lipinski definition) is 2. The number of benzene rings is 1. The van der Waals surface area contributed by atoms with E-state index >= 15 is 0 Å². The lowest BCUT2D eigenvalue weighted by Crippen LogP contribution is -1.91. The first kappa shape index (κ1) is 8.19. The van der Waals surface area contributed by atoms with E-state index in [4.69, 9.17) is 0 Å². The second kappa shape index (κ2) is 2.81. The van der Waals surface area contributed by atoms with Gasteiger partial charge in [0.05, 0.1) is 17.3 Å². The third kappa shape index (κ3) is 1.29. The normalized spacial score (nSPS) is 13.5. The van der Waals surface area contributed by atoms with Gasteiger partial charge in [-0.25, -0.2) is 4.39 Å². The molecule has 2 aromatic rings. The predicted molar refractivity (Wildman–Crippen MR) is 46.7 cm³/mol. The molecule has 0 bridgehead atoms. The maximum Gasteiger partial charge on any atom is 0.124 e. The summed E-state index contributed by atoms with van der Waals surface area (Å²) >= 11 is 0. The van der Waals surface area contributed by atoms with Gasteiger partial charge in [-0.15, -0.1) is 0 Å². The Balaban J connectivity index is 2.71. The number of aromatic amines is 1. The molecule has 1 unspecified atom stereocenters. The highest BCUT2D eigenvalue weighted by Crippen LogP contribution is 2.21. The molecule has 2 rings (SSSR count). The molecule has 0 amide bonds. The summed E-state index contributed by atoms with van der Waals surface area (Å²) in [5, 5.41) is 16.5. The molecule has 1 aromatic carbocycles. The van der Waals surface area contributed by atoms with Crippen molar-refractivity contribution in [2.75, 3.05) is 0 Å². The van der Waals surface area contributed by atoms with E-state index in [2.05, 4.69) is 10.2 Å². The quantitative estimate of drug-likeness (QED) is 0.702. The number of H-pyrrole nitrogens is 1. The van der Waals surface area contributed by atoms with Crippen molar-refractivity contribution in [1.29, 1.82) is 0 Å². The van der Waals surface area contributed by atoms with Crippen molar-refractivity contribution in [3.8, 4) is 0 Å². The molecule has 13 heavy (non-hydrogen) atoms. The van der Waals surface area contributed by atoms with Gasteiger partial charge in [-0.05, 0) is 25.1 Å². The van der Waals surface area contributed by atoms with Gasteiger partial charge in [-0.1, -0.05) is 0 Å². The number of hydrogen-bond donors (Lipinski definition) is 2. The zero-order valence-electron chi connectivity index (χ0n) is 7.08. The van der Waals surface area contributed by atoms with Crippen LogP contribution in [0.1, 0.15) is 18.7 Å². The summed E-state index contributed by atoms with van der Waals surface area (Å²) in [6.07, 6.45) is -0.685. The average Bonchev–Trinajstić information content (AvgIpc) is 2.46. The highest BCUT2D eigenvalue weighted by atomic mass is 19.1. The Hall–Kier alpha value is -1.42. The van der Waals surface area contributed by atoms with Crippen molar-refractivity contribution in [1.82, 2.24) is 10.2 Å². The molecule has 0 fully saturated rings. The van der Waals surface area contributed by atoms with Gasteiger partial charge in [0.25, 0.3) is 0 Å². The lowest BCUT2D eigenvalue weighted by Gasteiger charge is -1.98. The largest absolute Gasteiger partial charge is 0.387 e. The van der Waals surface area contributed by atoms with Gasteiger partial charge in [0.1, 0.15) is 5.82 Å². The van der Waals surface area contributed by atoms with Crippen LogP contribution >= 0.6 is 0 Å². The smallest absolute Gasteiger partial charge is 0.124 e. The van der Waals surface area contributed by atoms with E-state index in [1.165, 1.54) is 12.1 Å². The summed E-state index contributed by atoms with van der Waals surface area (Å²) < 4.78 is 12.8. The molecule has 2 N–H and O–H groups in total. The lowest BCUT2D eigenvalue weighted by molar-refractivity contribution is 0.195. The molecule has 1 aromatic heterocycles. The molecule has 4 heteroatoms. The summed E-state index contributed by atoms with van der Waals surface area (Å²) in [6, 6.07) is 4.32. The van der Waals surface area contributed by atoms with E-state index in [1.807, 2.05) is 0 Å². The number of rotatable bonds is 1. The standard InChI is InChI=1S/C9H9FN2O/c1-5(13)9-7-4-6(10)2-3-8(7)11-12-9/h2-5,13H,1H3,(H,11,12). The lowest BCUT2D eigenvalue weighted by atomic mass is 10.1. The van der Waals surface area contributed by atoms with E-state index in [0.29, 0.717) is 11.1 Å². The minimum absolute atomic E-state index is 0.323. The van der Waals surface area contributed by atoms with Crippen LogP contribution in [0.3, 0.4) is 0 Å².